The lowest BCUT2D eigenvalue weighted by atomic mass is 9.44. The van der Waals surface area contributed by atoms with E-state index in [9.17, 15) is 5.11 Å². The first-order chi connectivity index (χ1) is 11.5. The highest BCUT2D eigenvalue weighted by atomic mass is 16.7. The van der Waals surface area contributed by atoms with Crippen molar-refractivity contribution in [3.8, 4) is 0 Å². The minimum Gasteiger partial charge on any atom is -0.393 e. The van der Waals surface area contributed by atoms with E-state index in [1.807, 2.05) is 0 Å². The minimum atomic E-state index is -0.367. The molecule has 3 nitrogen and oxygen atoms in total. The van der Waals surface area contributed by atoms with Crippen LogP contribution in [0, 0.1) is 34.5 Å². The Morgan fingerprint density at radius 1 is 0.875 bits per heavy atom. The average molecular weight is 335 g/mol. The van der Waals surface area contributed by atoms with Crippen molar-refractivity contribution < 1.29 is 14.6 Å². The van der Waals surface area contributed by atoms with Gasteiger partial charge < -0.3 is 14.6 Å². The summed E-state index contributed by atoms with van der Waals surface area (Å²) >= 11 is 0. The highest BCUT2D eigenvalue weighted by Crippen LogP contribution is 2.67. The van der Waals surface area contributed by atoms with Gasteiger partial charge in [0, 0.05) is 12.8 Å². The topological polar surface area (TPSA) is 38.7 Å². The maximum Gasteiger partial charge on any atom is 0.168 e. The number of rotatable bonds is 0. The van der Waals surface area contributed by atoms with Crippen molar-refractivity contribution in [1.82, 2.24) is 0 Å². The second-order valence-corrected chi connectivity index (χ2v) is 10.2. The number of fused-ring (bicyclic) bond motifs is 5. The van der Waals surface area contributed by atoms with Crippen LogP contribution < -0.4 is 0 Å². The summed E-state index contributed by atoms with van der Waals surface area (Å²) in [6.07, 6.45) is 11.0. The molecule has 4 saturated carbocycles. The van der Waals surface area contributed by atoms with E-state index in [2.05, 4.69) is 13.8 Å². The smallest absolute Gasteiger partial charge is 0.168 e. The zero-order valence-corrected chi connectivity index (χ0v) is 15.4. The van der Waals surface area contributed by atoms with Gasteiger partial charge in [0.25, 0.3) is 0 Å². The van der Waals surface area contributed by atoms with Gasteiger partial charge in [0.2, 0.25) is 0 Å². The SMILES string of the molecule is C[C@@]12CCC[C@H]1[C@@H]1C[C@@H](O)[C@H]3CC4(CC[C@]3(C)[C@H]1CC2)OCCO4. The van der Waals surface area contributed by atoms with Crippen LogP contribution >= 0.6 is 0 Å². The summed E-state index contributed by atoms with van der Waals surface area (Å²) in [5.74, 6) is 2.41. The molecule has 0 bridgehead atoms. The standard InChI is InChI=1S/C21H34O3/c1-19-6-3-4-15(19)14-12-18(22)17-13-21(23-10-11-24-21)9-8-20(17,2)16(14)5-7-19/h14-18,22H,3-13H2,1-2H3/t14-,15-,16-,17+,18+,19-,20+/m0/s1. The Bertz CT molecular complexity index is 513. The van der Waals surface area contributed by atoms with Crippen LogP contribution in [0.2, 0.25) is 0 Å². The average Bonchev–Trinajstić information content (AvgIpc) is 3.16. The molecule has 7 atom stereocenters. The van der Waals surface area contributed by atoms with E-state index in [1.165, 1.54) is 38.5 Å². The van der Waals surface area contributed by atoms with Crippen molar-refractivity contribution in [2.75, 3.05) is 13.2 Å². The van der Waals surface area contributed by atoms with Crippen molar-refractivity contribution in [2.24, 2.45) is 34.5 Å². The lowest BCUT2D eigenvalue weighted by Crippen LogP contribution is -2.59. The number of ether oxygens (including phenoxy) is 2. The molecule has 5 aliphatic rings. The fourth-order valence-electron chi connectivity index (χ4n) is 7.98. The van der Waals surface area contributed by atoms with Crippen LogP contribution in [0.25, 0.3) is 0 Å². The van der Waals surface area contributed by atoms with Gasteiger partial charge in [0.1, 0.15) is 0 Å². The molecule has 0 aromatic rings. The zero-order valence-electron chi connectivity index (χ0n) is 15.4. The Hall–Kier alpha value is -0.120. The van der Waals surface area contributed by atoms with Crippen LogP contribution in [-0.2, 0) is 9.47 Å². The third kappa shape index (κ3) is 2.07. The summed E-state index contributed by atoms with van der Waals surface area (Å²) in [6, 6.07) is 0. The summed E-state index contributed by atoms with van der Waals surface area (Å²) in [5.41, 5.74) is 0.852. The number of aliphatic hydroxyl groups excluding tert-OH is 1. The Balaban J connectivity index is 1.45. The first-order valence-corrected chi connectivity index (χ1v) is 10.4. The van der Waals surface area contributed by atoms with Crippen LogP contribution in [0.4, 0.5) is 0 Å². The zero-order chi connectivity index (χ0) is 16.6. The first kappa shape index (κ1) is 16.1. The molecule has 1 spiro atoms. The summed E-state index contributed by atoms with van der Waals surface area (Å²) < 4.78 is 12.0. The van der Waals surface area contributed by atoms with E-state index in [0.717, 1.165) is 50.2 Å². The largest absolute Gasteiger partial charge is 0.393 e. The molecule has 136 valence electrons. The number of aliphatic hydroxyl groups is 1. The monoisotopic (exact) mass is 334 g/mol. The van der Waals surface area contributed by atoms with Crippen molar-refractivity contribution in [2.45, 2.75) is 83.5 Å². The van der Waals surface area contributed by atoms with E-state index in [4.69, 9.17) is 9.47 Å². The van der Waals surface area contributed by atoms with Crippen LogP contribution in [0.3, 0.4) is 0 Å². The van der Waals surface area contributed by atoms with Crippen LogP contribution in [0.5, 0.6) is 0 Å². The quantitative estimate of drug-likeness (QED) is 0.724. The van der Waals surface area contributed by atoms with Gasteiger partial charge in [-0.25, -0.2) is 0 Å². The Labute approximate surface area is 146 Å². The van der Waals surface area contributed by atoms with Gasteiger partial charge in [-0.3, -0.25) is 0 Å². The molecule has 0 amide bonds. The second kappa shape index (κ2) is 5.20. The van der Waals surface area contributed by atoms with Gasteiger partial charge in [-0.2, -0.15) is 0 Å². The van der Waals surface area contributed by atoms with E-state index in [0.29, 0.717) is 11.3 Å². The van der Waals surface area contributed by atoms with E-state index in [-0.39, 0.29) is 17.3 Å². The summed E-state index contributed by atoms with van der Waals surface area (Å²) in [5, 5.41) is 11.1. The molecule has 0 aromatic heterocycles. The van der Waals surface area contributed by atoms with Gasteiger partial charge in [0.15, 0.2) is 5.79 Å². The molecule has 0 aromatic carbocycles. The molecule has 5 fully saturated rings. The molecule has 1 heterocycles. The lowest BCUT2D eigenvalue weighted by molar-refractivity contribution is -0.247. The molecule has 0 radical (unpaired) electrons. The van der Waals surface area contributed by atoms with Crippen LogP contribution in [0.15, 0.2) is 0 Å². The Kier molecular flexibility index (Phi) is 3.49. The fraction of sp³-hybridized carbons (Fsp3) is 1.00. The van der Waals surface area contributed by atoms with Gasteiger partial charge in [-0.1, -0.05) is 20.3 Å². The van der Waals surface area contributed by atoms with Gasteiger partial charge in [-0.05, 0) is 73.0 Å². The van der Waals surface area contributed by atoms with E-state index < -0.39 is 0 Å². The molecule has 1 aliphatic heterocycles. The number of hydrogen-bond acceptors (Lipinski definition) is 3. The van der Waals surface area contributed by atoms with Crippen molar-refractivity contribution in [1.29, 1.82) is 0 Å². The molecular weight excluding hydrogens is 300 g/mol. The summed E-state index contributed by atoms with van der Waals surface area (Å²) in [4.78, 5) is 0. The van der Waals surface area contributed by atoms with Crippen molar-refractivity contribution in [3.63, 3.8) is 0 Å². The van der Waals surface area contributed by atoms with E-state index in [1.54, 1.807) is 0 Å². The Morgan fingerprint density at radius 3 is 2.46 bits per heavy atom. The van der Waals surface area contributed by atoms with Gasteiger partial charge >= 0.3 is 0 Å². The predicted molar refractivity (Wildman–Crippen MR) is 92.4 cm³/mol. The maximum absolute atomic E-state index is 11.1. The molecule has 0 unspecified atom stereocenters. The highest BCUT2D eigenvalue weighted by Gasteiger charge is 2.62. The second-order valence-electron chi connectivity index (χ2n) is 10.2. The van der Waals surface area contributed by atoms with E-state index >= 15 is 0 Å². The van der Waals surface area contributed by atoms with Gasteiger partial charge in [-0.15, -0.1) is 0 Å². The third-order valence-electron chi connectivity index (χ3n) is 9.28. The fourth-order valence-corrected chi connectivity index (χ4v) is 7.98. The minimum absolute atomic E-state index is 0.163. The molecule has 5 rings (SSSR count). The van der Waals surface area contributed by atoms with Crippen molar-refractivity contribution in [3.05, 3.63) is 0 Å². The van der Waals surface area contributed by atoms with Crippen molar-refractivity contribution >= 4 is 0 Å². The molecule has 4 aliphatic carbocycles. The molecule has 3 heteroatoms. The highest BCUT2D eigenvalue weighted by molar-refractivity contribution is 5.10. The molecular formula is C21H34O3. The lowest BCUT2D eigenvalue weighted by Gasteiger charge is -2.62. The first-order valence-electron chi connectivity index (χ1n) is 10.4. The van der Waals surface area contributed by atoms with Crippen LogP contribution in [0.1, 0.15) is 71.6 Å². The summed E-state index contributed by atoms with van der Waals surface area (Å²) in [7, 11) is 0. The molecule has 24 heavy (non-hydrogen) atoms. The Morgan fingerprint density at radius 2 is 1.67 bits per heavy atom. The predicted octanol–water partition coefficient (Wildman–Crippen LogP) is 4.13. The molecule has 1 N–H and O–H groups in total. The molecule has 1 saturated heterocycles. The summed E-state index contributed by atoms with van der Waals surface area (Å²) in [6.45, 7) is 6.49. The third-order valence-corrected chi connectivity index (χ3v) is 9.28. The maximum atomic E-state index is 11.1. The normalized spacial score (nSPS) is 55.9. The number of hydrogen-bond donors (Lipinski definition) is 1. The van der Waals surface area contributed by atoms with Gasteiger partial charge in [0.05, 0.1) is 19.3 Å². The van der Waals surface area contributed by atoms with Crippen LogP contribution in [-0.4, -0.2) is 30.2 Å².